The van der Waals surface area contributed by atoms with Gasteiger partial charge in [0.1, 0.15) is 0 Å². The number of carbonyl (C=O) groups excluding carboxylic acids is 2. The molecule has 0 unspecified atom stereocenters. The zero-order chi connectivity index (χ0) is 15.4. The molecule has 0 saturated heterocycles. The van der Waals surface area contributed by atoms with Gasteiger partial charge in [-0.3, -0.25) is 4.79 Å². The van der Waals surface area contributed by atoms with Gasteiger partial charge in [0.05, 0.1) is 12.7 Å². The maximum atomic E-state index is 12.3. The molecule has 114 valence electrons. The van der Waals surface area contributed by atoms with Crippen molar-refractivity contribution in [2.75, 3.05) is 19.0 Å². The quantitative estimate of drug-likeness (QED) is 0.832. The highest BCUT2D eigenvalue weighted by Gasteiger charge is 2.31. The third-order valence-corrected chi connectivity index (χ3v) is 4.21. The minimum Gasteiger partial charge on any atom is -0.465 e. The second-order valence-corrected chi connectivity index (χ2v) is 5.54. The van der Waals surface area contributed by atoms with Crippen molar-refractivity contribution in [3.63, 3.8) is 0 Å². The molecule has 1 aromatic carbocycles. The topological polar surface area (TPSA) is 81.4 Å². The summed E-state index contributed by atoms with van der Waals surface area (Å²) in [4.78, 5) is 24.0. The van der Waals surface area contributed by atoms with Gasteiger partial charge in [-0.05, 0) is 49.9 Å². The summed E-state index contributed by atoms with van der Waals surface area (Å²) in [5.74, 6) is -0.180. The molecule has 1 amide bonds. The van der Waals surface area contributed by atoms with E-state index >= 15 is 0 Å². The first-order valence-corrected chi connectivity index (χ1v) is 7.26. The first-order chi connectivity index (χ1) is 10.1. The summed E-state index contributed by atoms with van der Waals surface area (Å²) in [5.41, 5.74) is 7.62. The first kappa shape index (κ1) is 15.5. The molecule has 3 N–H and O–H groups in total. The number of aryl methyl sites for hydroxylation is 1. The Labute approximate surface area is 124 Å². The standard InChI is InChI=1S/C16H22N2O3/c1-10-6-7-12(8-14(10)16(20)21-2)18-15(19)13-5-3-4-11(13)9-17/h6-8,11,13H,3-5,9,17H2,1-2H3,(H,18,19)/t11-,13-/m1/s1. The summed E-state index contributed by atoms with van der Waals surface area (Å²) in [6, 6.07) is 5.26. The van der Waals surface area contributed by atoms with Gasteiger partial charge in [0.15, 0.2) is 0 Å². The number of ether oxygens (including phenoxy) is 1. The molecule has 5 heteroatoms. The van der Waals surface area contributed by atoms with E-state index in [4.69, 9.17) is 10.5 Å². The van der Waals surface area contributed by atoms with E-state index in [2.05, 4.69) is 5.32 Å². The van der Waals surface area contributed by atoms with Crippen LogP contribution in [0.25, 0.3) is 0 Å². The Kier molecular flexibility index (Phi) is 4.96. The summed E-state index contributed by atoms with van der Waals surface area (Å²) < 4.78 is 4.74. The number of benzene rings is 1. The van der Waals surface area contributed by atoms with Crippen LogP contribution in [0.2, 0.25) is 0 Å². The van der Waals surface area contributed by atoms with Gasteiger partial charge < -0.3 is 15.8 Å². The molecule has 1 aliphatic rings. The molecular formula is C16H22N2O3. The van der Waals surface area contributed by atoms with Crippen molar-refractivity contribution >= 4 is 17.6 Å². The second kappa shape index (κ2) is 6.72. The van der Waals surface area contributed by atoms with E-state index in [-0.39, 0.29) is 17.7 Å². The highest BCUT2D eigenvalue weighted by molar-refractivity contribution is 5.96. The highest BCUT2D eigenvalue weighted by Crippen LogP contribution is 2.32. The summed E-state index contributed by atoms with van der Waals surface area (Å²) in [7, 11) is 1.34. The Bertz CT molecular complexity index is 542. The predicted molar refractivity (Wildman–Crippen MR) is 81.0 cm³/mol. The van der Waals surface area contributed by atoms with Gasteiger partial charge in [0.25, 0.3) is 0 Å². The molecule has 1 fully saturated rings. The number of esters is 1. The number of amides is 1. The molecule has 21 heavy (non-hydrogen) atoms. The third-order valence-electron chi connectivity index (χ3n) is 4.21. The lowest BCUT2D eigenvalue weighted by molar-refractivity contribution is -0.120. The Morgan fingerprint density at radius 2 is 2.14 bits per heavy atom. The normalized spacial score (nSPS) is 21.1. The van der Waals surface area contributed by atoms with Crippen molar-refractivity contribution in [1.82, 2.24) is 0 Å². The van der Waals surface area contributed by atoms with E-state index in [0.29, 0.717) is 17.8 Å². The molecule has 0 radical (unpaired) electrons. The fourth-order valence-electron chi connectivity index (χ4n) is 2.93. The molecule has 2 rings (SSSR count). The van der Waals surface area contributed by atoms with Crippen molar-refractivity contribution in [2.45, 2.75) is 26.2 Å². The van der Waals surface area contributed by atoms with Crippen LogP contribution in [0.4, 0.5) is 5.69 Å². The monoisotopic (exact) mass is 290 g/mol. The van der Waals surface area contributed by atoms with Crippen LogP contribution in [0.1, 0.15) is 35.2 Å². The van der Waals surface area contributed by atoms with Gasteiger partial charge >= 0.3 is 5.97 Å². The van der Waals surface area contributed by atoms with Crippen molar-refractivity contribution in [3.8, 4) is 0 Å². The highest BCUT2D eigenvalue weighted by atomic mass is 16.5. The Morgan fingerprint density at radius 1 is 1.38 bits per heavy atom. The summed E-state index contributed by atoms with van der Waals surface area (Å²) >= 11 is 0. The van der Waals surface area contributed by atoms with E-state index in [0.717, 1.165) is 24.8 Å². The van der Waals surface area contributed by atoms with Gasteiger partial charge in [-0.2, -0.15) is 0 Å². The smallest absolute Gasteiger partial charge is 0.338 e. The van der Waals surface area contributed by atoms with E-state index < -0.39 is 5.97 Å². The molecule has 1 aromatic rings. The van der Waals surface area contributed by atoms with E-state index in [1.807, 2.05) is 6.92 Å². The van der Waals surface area contributed by atoms with Crippen LogP contribution < -0.4 is 11.1 Å². The lowest BCUT2D eigenvalue weighted by Crippen LogP contribution is -2.29. The predicted octanol–water partition coefficient (Wildman–Crippen LogP) is 2.10. The van der Waals surface area contributed by atoms with Crippen LogP contribution in [0.15, 0.2) is 18.2 Å². The average molecular weight is 290 g/mol. The Hall–Kier alpha value is -1.88. The lowest BCUT2D eigenvalue weighted by atomic mass is 9.95. The fourth-order valence-corrected chi connectivity index (χ4v) is 2.93. The van der Waals surface area contributed by atoms with Crippen LogP contribution >= 0.6 is 0 Å². The second-order valence-electron chi connectivity index (χ2n) is 5.54. The number of anilines is 1. The molecule has 0 bridgehead atoms. The molecule has 0 aliphatic heterocycles. The molecule has 0 aromatic heterocycles. The SMILES string of the molecule is COC(=O)c1cc(NC(=O)[C@@H]2CCC[C@@H]2CN)ccc1C. The number of rotatable bonds is 4. The first-order valence-electron chi connectivity index (χ1n) is 7.26. The molecular weight excluding hydrogens is 268 g/mol. The minimum absolute atomic E-state index is 0.0115. The number of nitrogens with one attached hydrogen (secondary N) is 1. The lowest BCUT2D eigenvalue weighted by Gasteiger charge is -2.17. The van der Waals surface area contributed by atoms with Crippen LogP contribution in [0, 0.1) is 18.8 Å². The number of hydrogen-bond donors (Lipinski definition) is 2. The summed E-state index contributed by atoms with van der Waals surface area (Å²) in [6.07, 6.45) is 2.93. The van der Waals surface area contributed by atoms with E-state index in [9.17, 15) is 9.59 Å². The average Bonchev–Trinajstić information content (AvgIpc) is 2.97. The van der Waals surface area contributed by atoms with Crippen molar-refractivity contribution in [1.29, 1.82) is 0 Å². The number of hydrogen-bond acceptors (Lipinski definition) is 4. The Balaban J connectivity index is 2.12. The molecule has 1 aliphatic carbocycles. The van der Waals surface area contributed by atoms with Crippen LogP contribution in [0.5, 0.6) is 0 Å². The molecule has 0 heterocycles. The molecule has 5 nitrogen and oxygen atoms in total. The van der Waals surface area contributed by atoms with Gasteiger partial charge in [-0.1, -0.05) is 12.5 Å². The maximum absolute atomic E-state index is 12.3. The van der Waals surface area contributed by atoms with Gasteiger partial charge in [-0.15, -0.1) is 0 Å². The largest absolute Gasteiger partial charge is 0.465 e. The maximum Gasteiger partial charge on any atom is 0.338 e. The van der Waals surface area contributed by atoms with Crippen LogP contribution in [0.3, 0.4) is 0 Å². The summed E-state index contributed by atoms with van der Waals surface area (Å²) in [6.45, 7) is 2.37. The number of nitrogens with two attached hydrogens (primary N) is 1. The molecule has 2 atom stereocenters. The van der Waals surface area contributed by atoms with Crippen molar-refractivity contribution in [3.05, 3.63) is 29.3 Å². The Morgan fingerprint density at radius 3 is 2.81 bits per heavy atom. The number of carbonyl (C=O) groups is 2. The van der Waals surface area contributed by atoms with Gasteiger partial charge in [0.2, 0.25) is 5.91 Å². The van der Waals surface area contributed by atoms with Gasteiger partial charge in [-0.25, -0.2) is 4.79 Å². The fraction of sp³-hybridized carbons (Fsp3) is 0.500. The van der Waals surface area contributed by atoms with Crippen molar-refractivity contribution < 1.29 is 14.3 Å². The third kappa shape index (κ3) is 3.42. The number of methoxy groups -OCH3 is 1. The summed E-state index contributed by atoms with van der Waals surface area (Å²) in [5, 5.41) is 2.89. The molecule has 1 saturated carbocycles. The van der Waals surface area contributed by atoms with Crippen molar-refractivity contribution in [2.24, 2.45) is 17.6 Å². The zero-order valence-electron chi connectivity index (χ0n) is 12.5. The van der Waals surface area contributed by atoms with E-state index in [1.165, 1.54) is 7.11 Å². The minimum atomic E-state index is -0.399. The van der Waals surface area contributed by atoms with E-state index in [1.54, 1.807) is 18.2 Å². The van der Waals surface area contributed by atoms with Crippen LogP contribution in [-0.2, 0) is 9.53 Å². The van der Waals surface area contributed by atoms with Crippen LogP contribution in [-0.4, -0.2) is 25.5 Å². The zero-order valence-corrected chi connectivity index (χ0v) is 12.5. The van der Waals surface area contributed by atoms with Gasteiger partial charge in [0, 0.05) is 11.6 Å². The molecule has 0 spiro atoms.